The first-order valence-corrected chi connectivity index (χ1v) is 7.51. The van der Waals surface area contributed by atoms with Gasteiger partial charge in [-0.05, 0) is 23.4 Å². The lowest BCUT2D eigenvalue weighted by Crippen LogP contribution is -2.45. The van der Waals surface area contributed by atoms with Gasteiger partial charge in [-0.2, -0.15) is 0 Å². The van der Waals surface area contributed by atoms with Crippen LogP contribution in [-0.4, -0.2) is 43.4 Å². The molecule has 21 heavy (non-hydrogen) atoms. The highest BCUT2D eigenvalue weighted by Crippen LogP contribution is 2.23. The highest BCUT2D eigenvalue weighted by atomic mass is 127. The Balaban J connectivity index is 0.00000220. The summed E-state index contributed by atoms with van der Waals surface area (Å²) < 4.78 is 0. The number of hydrogen-bond donors (Lipinski definition) is 2. The van der Waals surface area contributed by atoms with E-state index < -0.39 is 0 Å². The molecule has 0 aromatic carbocycles. The van der Waals surface area contributed by atoms with Crippen LogP contribution in [0.3, 0.4) is 0 Å². The van der Waals surface area contributed by atoms with Gasteiger partial charge in [-0.15, -0.1) is 41.9 Å². The van der Waals surface area contributed by atoms with Crippen LogP contribution in [0.25, 0.3) is 0 Å². The largest absolute Gasteiger partial charge is 0.353 e. The van der Waals surface area contributed by atoms with Crippen LogP contribution in [0.2, 0.25) is 0 Å². The summed E-state index contributed by atoms with van der Waals surface area (Å²) in [5.74, 6) is 0.717. The van der Waals surface area contributed by atoms with E-state index in [0.29, 0.717) is 12.5 Å². The molecule has 0 aliphatic carbocycles. The van der Waals surface area contributed by atoms with E-state index in [1.807, 2.05) is 4.90 Å². The Morgan fingerprint density at radius 3 is 3.10 bits per heavy atom. The van der Waals surface area contributed by atoms with Crippen LogP contribution in [0.4, 0.5) is 0 Å². The standard InChI is InChI=1S/C14H20N4OS.HI/c1-3-6-16-14(15-2)17-9-13(19)18-7-4-12-11(10-18)5-8-20-12;/h3,5,8H,1,4,6-7,9-10H2,2H3,(H2,15,16,17);1H. The van der Waals surface area contributed by atoms with Gasteiger partial charge in [-0.25, -0.2) is 0 Å². The smallest absolute Gasteiger partial charge is 0.242 e. The molecule has 0 atom stereocenters. The van der Waals surface area contributed by atoms with Crippen molar-refractivity contribution in [3.8, 4) is 0 Å². The van der Waals surface area contributed by atoms with Crippen molar-refractivity contribution in [2.45, 2.75) is 13.0 Å². The molecule has 0 bridgehead atoms. The van der Waals surface area contributed by atoms with Crippen molar-refractivity contribution < 1.29 is 4.79 Å². The minimum absolute atomic E-state index is 0. The lowest BCUT2D eigenvalue weighted by Gasteiger charge is -2.27. The molecule has 5 nitrogen and oxygen atoms in total. The molecule has 2 heterocycles. The van der Waals surface area contributed by atoms with E-state index in [9.17, 15) is 4.79 Å². The summed E-state index contributed by atoms with van der Waals surface area (Å²) in [6.07, 6.45) is 2.71. The Hall–Kier alpha value is -1.09. The average molecular weight is 420 g/mol. The molecule has 1 aromatic rings. The summed E-state index contributed by atoms with van der Waals surface area (Å²) in [6.45, 7) is 6.03. The third kappa shape index (κ3) is 4.99. The monoisotopic (exact) mass is 420 g/mol. The average Bonchev–Trinajstić information content (AvgIpc) is 2.94. The second kappa shape index (κ2) is 9.04. The van der Waals surface area contributed by atoms with Gasteiger partial charge < -0.3 is 15.5 Å². The zero-order chi connectivity index (χ0) is 14.4. The van der Waals surface area contributed by atoms with Gasteiger partial charge in [-0.1, -0.05) is 6.08 Å². The molecule has 0 fully saturated rings. The van der Waals surface area contributed by atoms with Gasteiger partial charge in [0, 0.05) is 31.6 Å². The number of aliphatic imine (C=N–C) groups is 1. The van der Waals surface area contributed by atoms with Gasteiger partial charge in [0.15, 0.2) is 5.96 Å². The highest BCUT2D eigenvalue weighted by Gasteiger charge is 2.21. The summed E-state index contributed by atoms with van der Waals surface area (Å²) in [5, 5.41) is 8.16. The van der Waals surface area contributed by atoms with Crippen LogP contribution < -0.4 is 10.6 Å². The molecule has 0 saturated carbocycles. The number of nitrogens with zero attached hydrogens (tertiary/aromatic N) is 2. The predicted molar refractivity (Wildman–Crippen MR) is 98.4 cm³/mol. The van der Waals surface area contributed by atoms with Crippen molar-refractivity contribution in [2.75, 3.05) is 26.7 Å². The zero-order valence-corrected chi connectivity index (χ0v) is 15.2. The first kappa shape index (κ1) is 18.0. The molecule has 0 unspecified atom stereocenters. The molecule has 1 amide bonds. The number of carbonyl (C=O) groups excluding carboxylic acids is 1. The topological polar surface area (TPSA) is 56.7 Å². The van der Waals surface area contributed by atoms with Crippen molar-refractivity contribution in [3.05, 3.63) is 34.5 Å². The molecule has 7 heteroatoms. The number of nitrogens with one attached hydrogen (secondary N) is 2. The second-order valence-electron chi connectivity index (χ2n) is 4.53. The molecule has 0 spiro atoms. The molecule has 116 valence electrons. The van der Waals surface area contributed by atoms with E-state index in [-0.39, 0.29) is 36.4 Å². The van der Waals surface area contributed by atoms with Crippen LogP contribution in [0.15, 0.2) is 29.1 Å². The predicted octanol–water partition coefficient (Wildman–Crippen LogP) is 1.60. The number of thiophene rings is 1. The Bertz CT molecular complexity index is 515. The Morgan fingerprint density at radius 1 is 1.57 bits per heavy atom. The fourth-order valence-electron chi connectivity index (χ4n) is 2.12. The lowest BCUT2D eigenvalue weighted by molar-refractivity contribution is -0.130. The molecular weight excluding hydrogens is 399 g/mol. The lowest BCUT2D eigenvalue weighted by atomic mass is 10.1. The van der Waals surface area contributed by atoms with Crippen molar-refractivity contribution in [1.29, 1.82) is 0 Å². The third-order valence-corrected chi connectivity index (χ3v) is 4.23. The number of fused-ring (bicyclic) bond motifs is 1. The molecule has 1 aliphatic heterocycles. The minimum Gasteiger partial charge on any atom is -0.353 e. The number of guanidine groups is 1. The van der Waals surface area contributed by atoms with Gasteiger partial charge in [-0.3, -0.25) is 9.79 Å². The maximum Gasteiger partial charge on any atom is 0.242 e. The number of hydrogen-bond acceptors (Lipinski definition) is 3. The van der Waals surface area contributed by atoms with Crippen LogP contribution in [0.1, 0.15) is 10.4 Å². The fraction of sp³-hybridized carbons (Fsp3) is 0.429. The second-order valence-corrected chi connectivity index (χ2v) is 5.53. The molecule has 2 N–H and O–H groups in total. The van der Waals surface area contributed by atoms with Crippen molar-refractivity contribution >= 4 is 47.2 Å². The quantitative estimate of drug-likeness (QED) is 0.337. The number of rotatable bonds is 4. The summed E-state index contributed by atoms with van der Waals surface area (Å²) in [6, 6.07) is 2.11. The molecule has 0 saturated heterocycles. The van der Waals surface area contributed by atoms with E-state index >= 15 is 0 Å². The van der Waals surface area contributed by atoms with Crippen molar-refractivity contribution in [1.82, 2.24) is 15.5 Å². The van der Waals surface area contributed by atoms with Crippen LogP contribution in [-0.2, 0) is 17.8 Å². The fourth-order valence-corrected chi connectivity index (χ4v) is 3.01. The van der Waals surface area contributed by atoms with E-state index in [2.05, 4.69) is 33.7 Å². The summed E-state index contributed by atoms with van der Waals surface area (Å²) >= 11 is 1.78. The Kier molecular flexibility index (Phi) is 7.73. The van der Waals surface area contributed by atoms with Gasteiger partial charge in [0.1, 0.15) is 0 Å². The van der Waals surface area contributed by atoms with Crippen LogP contribution in [0, 0.1) is 0 Å². The Morgan fingerprint density at radius 2 is 2.38 bits per heavy atom. The summed E-state index contributed by atoms with van der Waals surface area (Å²) in [5.41, 5.74) is 1.28. The van der Waals surface area contributed by atoms with E-state index in [0.717, 1.165) is 19.5 Å². The molecule has 1 aromatic heterocycles. The van der Waals surface area contributed by atoms with Gasteiger partial charge >= 0.3 is 0 Å². The first-order valence-electron chi connectivity index (χ1n) is 6.63. The van der Waals surface area contributed by atoms with E-state index in [1.165, 1.54) is 10.4 Å². The normalized spacial score (nSPS) is 14.0. The van der Waals surface area contributed by atoms with Crippen LogP contribution in [0.5, 0.6) is 0 Å². The summed E-state index contributed by atoms with van der Waals surface area (Å²) in [4.78, 5) is 19.5. The van der Waals surface area contributed by atoms with Gasteiger partial charge in [0.2, 0.25) is 5.91 Å². The van der Waals surface area contributed by atoms with E-state index in [1.54, 1.807) is 24.5 Å². The maximum atomic E-state index is 12.2. The first-order chi connectivity index (χ1) is 9.74. The minimum atomic E-state index is 0. The van der Waals surface area contributed by atoms with Gasteiger partial charge in [0.25, 0.3) is 0 Å². The zero-order valence-electron chi connectivity index (χ0n) is 12.1. The molecule has 0 radical (unpaired) electrons. The molecule has 2 rings (SSSR count). The van der Waals surface area contributed by atoms with E-state index in [4.69, 9.17) is 0 Å². The number of amides is 1. The van der Waals surface area contributed by atoms with Crippen molar-refractivity contribution in [2.24, 2.45) is 4.99 Å². The SMILES string of the molecule is C=CCNC(=NC)NCC(=O)N1CCc2sccc2C1.I. The number of halogens is 1. The molecule has 1 aliphatic rings. The van der Waals surface area contributed by atoms with Crippen molar-refractivity contribution in [3.63, 3.8) is 0 Å². The Labute approximate surface area is 146 Å². The number of carbonyl (C=O) groups is 1. The molecular formula is C14H21IN4OS. The maximum absolute atomic E-state index is 12.2. The van der Waals surface area contributed by atoms with Crippen LogP contribution >= 0.6 is 35.3 Å². The summed E-state index contributed by atoms with van der Waals surface area (Å²) in [7, 11) is 1.68. The third-order valence-electron chi connectivity index (χ3n) is 3.20. The highest BCUT2D eigenvalue weighted by molar-refractivity contribution is 14.0. The van der Waals surface area contributed by atoms with Gasteiger partial charge in [0.05, 0.1) is 6.54 Å².